The molecule has 1 heterocycles. The topological polar surface area (TPSA) is 33.2 Å². The number of anilines is 1. The van der Waals surface area contributed by atoms with E-state index >= 15 is 0 Å². The Morgan fingerprint density at radius 2 is 1.83 bits per heavy atom. The van der Waals surface area contributed by atoms with Gasteiger partial charge in [-0.2, -0.15) is 0 Å². The third-order valence-corrected chi connectivity index (χ3v) is 6.62. The van der Waals surface area contributed by atoms with E-state index in [1.807, 2.05) is 60.9 Å². The number of benzene rings is 3. The van der Waals surface area contributed by atoms with Gasteiger partial charge in [-0.05, 0) is 48.1 Å². The summed E-state index contributed by atoms with van der Waals surface area (Å²) in [5, 5.41) is 0.740. The molecule has 0 fully saturated rings. The lowest BCUT2D eigenvalue weighted by atomic mass is 10.1. The van der Waals surface area contributed by atoms with Crippen molar-refractivity contribution in [1.29, 1.82) is 0 Å². The van der Waals surface area contributed by atoms with Gasteiger partial charge in [-0.3, -0.25) is 9.69 Å². The Balaban J connectivity index is 1.79. The quantitative estimate of drug-likeness (QED) is 0.338. The number of carbonyl (C=O) groups is 1. The summed E-state index contributed by atoms with van der Waals surface area (Å²) >= 11 is 3.21. The van der Waals surface area contributed by atoms with E-state index in [0.29, 0.717) is 12.1 Å². The molecule has 3 nitrogen and oxygen atoms in total. The lowest BCUT2D eigenvalue weighted by Gasteiger charge is -2.20. The fraction of sp³-hybridized carbons (Fsp3) is 0.167. The zero-order valence-electron chi connectivity index (χ0n) is 16.5. The summed E-state index contributed by atoms with van der Waals surface area (Å²) in [4.78, 5) is 21.3. The van der Waals surface area contributed by atoms with Crippen molar-refractivity contribution in [3.63, 3.8) is 0 Å². The van der Waals surface area contributed by atoms with Crippen LogP contribution in [0.25, 0.3) is 10.2 Å². The SMILES string of the molecule is CCc1cccc2sc(N(Cc3ccccc3)C(=O)c3cccc(SC)c3)nc12. The van der Waals surface area contributed by atoms with E-state index in [4.69, 9.17) is 4.98 Å². The first-order chi connectivity index (χ1) is 14.2. The molecule has 0 atom stereocenters. The average Bonchev–Trinajstić information content (AvgIpc) is 3.22. The van der Waals surface area contributed by atoms with E-state index in [-0.39, 0.29) is 5.91 Å². The molecule has 1 aromatic heterocycles. The number of para-hydroxylation sites is 1. The smallest absolute Gasteiger partial charge is 0.260 e. The van der Waals surface area contributed by atoms with E-state index in [9.17, 15) is 4.79 Å². The van der Waals surface area contributed by atoms with Crippen molar-refractivity contribution in [1.82, 2.24) is 4.98 Å². The van der Waals surface area contributed by atoms with E-state index in [1.165, 1.54) is 5.56 Å². The predicted molar refractivity (Wildman–Crippen MR) is 124 cm³/mol. The summed E-state index contributed by atoms with van der Waals surface area (Å²) < 4.78 is 1.11. The maximum Gasteiger partial charge on any atom is 0.260 e. The van der Waals surface area contributed by atoms with Crippen LogP contribution in [0.5, 0.6) is 0 Å². The van der Waals surface area contributed by atoms with Gasteiger partial charge in [0.2, 0.25) is 0 Å². The van der Waals surface area contributed by atoms with Crippen molar-refractivity contribution in [2.45, 2.75) is 24.8 Å². The van der Waals surface area contributed by atoms with Crippen LogP contribution in [0.3, 0.4) is 0 Å². The van der Waals surface area contributed by atoms with Crippen molar-refractivity contribution >= 4 is 44.4 Å². The largest absolute Gasteiger partial charge is 0.279 e. The van der Waals surface area contributed by atoms with Gasteiger partial charge >= 0.3 is 0 Å². The molecule has 0 N–H and O–H groups in total. The maximum absolute atomic E-state index is 13.5. The first-order valence-corrected chi connectivity index (χ1v) is 11.6. The molecule has 1 amide bonds. The molecule has 3 aromatic carbocycles. The van der Waals surface area contributed by atoms with Crippen LogP contribution >= 0.6 is 23.1 Å². The maximum atomic E-state index is 13.5. The molecule has 146 valence electrons. The van der Waals surface area contributed by atoms with Crippen molar-refractivity contribution < 1.29 is 4.79 Å². The highest BCUT2D eigenvalue weighted by Crippen LogP contribution is 2.33. The zero-order valence-corrected chi connectivity index (χ0v) is 18.1. The molecule has 0 aliphatic carbocycles. The van der Waals surface area contributed by atoms with Crippen molar-refractivity contribution in [2.75, 3.05) is 11.2 Å². The Labute approximate surface area is 179 Å². The van der Waals surface area contributed by atoms with Crippen LogP contribution in [-0.2, 0) is 13.0 Å². The van der Waals surface area contributed by atoms with Crippen LogP contribution in [0.4, 0.5) is 5.13 Å². The van der Waals surface area contributed by atoms with Crippen LogP contribution in [-0.4, -0.2) is 17.1 Å². The second-order valence-electron chi connectivity index (χ2n) is 6.72. The highest BCUT2D eigenvalue weighted by atomic mass is 32.2. The number of thiazole rings is 1. The third kappa shape index (κ3) is 4.21. The fourth-order valence-electron chi connectivity index (χ4n) is 3.30. The van der Waals surface area contributed by atoms with Gasteiger partial charge in [0.1, 0.15) is 0 Å². The van der Waals surface area contributed by atoms with Gasteiger partial charge in [-0.15, -0.1) is 11.8 Å². The number of amides is 1. The summed E-state index contributed by atoms with van der Waals surface area (Å²) in [6.45, 7) is 2.62. The second-order valence-corrected chi connectivity index (χ2v) is 8.61. The van der Waals surface area contributed by atoms with Gasteiger partial charge in [0.15, 0.2) is 5.13 Å². The molecule has 0 unspecified atom stereocenters. The fourth-order valence-corrected chi connectivity index (χ4v) is 4.77. The van der Waals surface area contributed by atoms with E-state index < -0.39 is 0 Å². The molecule has 0 saturated carbocycles. The number of hydrogen-bond donors (Lipinski definition) is 0. The van der Waals surface area contributed by atoms with Crippen LogP contribution in [0.15, 0.2) is 77.7 Å². The minimum atomic E-state index is -0.0261. The lowest BCUT2D eigenvalue weighted by Crippen LogP contribution is -2.30. The number of rotatable bonds is 6. The number of hydrogen-bond acceptors (Lipinski definition) is 4. The number of carbonyl (C=O) groups excluding carboxylic acids is 1. The molecular formula is C24H22N2OS2. The van der Waals surface area contributed by atoms with E-state index in [1.54, 1.807) is 28.0 Å². The zero-order chi connectivity index (χ0) is 20.2. The highest BCUT2D eigenvalue weighted by molar-refractivity contribution is 7.98. The second kappa shape index (κ2) is 8.80. The number of fused-ring (bicyclic) bond motifs is 1. The Hall–Kier alpha value is -2.63. The van der Waals surface area contributed by atoms with Gasteiger partial charge < -0.3 is 0 Å². The molecule has 0 saturated heterocycles. The number of nitrogens with zero attached hydrogens (tertiary/aromatic N) is 2. The highest BCUT2D eigenvalue weighted by Gasteiger charge is 2.22. The molecule has 0 bridgehead atoms. The Kier molecular flexibility index (Phi) is 5.97. The van der Waals surface area contributed by atoms with Crippen LogP contribution in [0.2, 0.25) is 0 Å². The van der Waals surface area contributed by atoms with Crippen LogP contribution in [0.1, 0.15) is 28.4 Å². The number of aromatic nitrogens is 1. The summed E-state index contributed by atoms with van der Waals surface area (Å²) in [5.41, 5.74) is 3.97. The summed E-state index contributed by atoms with van der Waals surface area (Å²) in [6.07, 6.45) is 2.94. The molecule has 4 rings (SSSR count). The van der Waals surface area contributed by atoms with Gasteiger partial charge in [0.05, 0.1) is 16.8 Å². The van der Waals surface area contributed by atoms with Gasteiger partial charge in [-0.25, -0.2) is 4.98 Å². The minimum Gasteiger partial charge on any atom is -0.279 e. The Morgan fingerprint density at radius 3 is 2.59 bits per heavy atom. The molecule has 5 heteroatoms. The summed E-state index contributed by atoms with van der Waals surface area (Å²) in [6, 6.07) is 24.1. The summed E-state index contributed by atoms with van der Waals surface area (Å²) in [5.74, 6) is -0.0261. The molecule has 4 aromatic rings. The van der Waals surface area contributed by atoms with Crippen LogP contribution in [0, 0.1) is 0 Å². The summed E-state index contributed by atoms with van der Waals surface area (Å²) in [7, 11) is 0. The third-order valence-electron chi connectivity index (χ3n) is 4.85. The molecule has 0 aliphatic rings. The van der Waals surface area contributed by atoms with Crippen molar-refractivity contribution in [2.24, 2.45) is 0 Å². The molecule has 0 radical (unpaired) electrons. The Bertz CT molecular complexity index is 1140. The molecular weight excluding hydrogens is 396 g/mol. The van der Waals surface area contributed by atoms with E-state index in [2.05, 4.69) is 25.1 Å². The van der Waals surface area contributed by atoms with E-state index in [0.717, 1.165) is 32.2 Å². The minimum absolute atomic E-state index is 0.0261. The van der Waals surface area contributed by atoms with Crippen molar-refractivity contribution in [3.8, 4) is 0 Å². The molecule has 0 aliphatic heterocycles. The monoisotopic (exact) mass is 418 g/mol. The molecule has 0 spiro atoms. The lowest BCUT2D eigenvalue weighted by molar-refractivity contribution is 0.0985. The van der Waals surface area contributed by atoms with Gasteiger partial charge in [0, 0.05) is 10.5 Å². The predicted octanol–water partition coefficient (Wildman–Crippen LogP) is 6.43. The molecule has 29 heavy (non-hydrogen) atoms. The Morgan fingerprint density at radius 1 is 1.03 bits per heavy atom. The van der Waals surface area contributed by atoms with Gasteiger partial charge in [-0.1, -0.05) is 66.8 Å². The standard InChI is InChI=1S/C24H22N2OS2/c1-3-18-11-8-14-21-22(18)25-24(29-21)26(16-17-9-5-4-6-10-17)23(27)19-12-7-13-20(15-19)28-2/h4-15H,3,16H2,1-2H3. The first kappa shape index (κ1) is 19.7. The number of aryl methyl sites for hydroxylation is 1. The van der Waals surface area contributed by atoms with Crippen LogP contribution < -0.4 is 4.90 Å². The first-order valence-electron chi connectivity index (χ1n) is 9.58. The normalized spacial score (nSPS) is 11.0. The van der Waals surface area contributed by atoms with Crippen molar-refractivity contribution in [3.05, 3.63) is 89.5 Å². The van der Waals surface area contributed by atoms with Gasteiger partial charge in [0.25, 0.3) is 5.91 Å². The number of thioether (sulfide) groups is 1. The average molecular weight is 419 g/mol.